The highest BCUT2D eigenvalue weighted by atomic mass is 16.6. The summed E-state index contributed by atoms with van der Waals surface area (Å²) in [4.78, 5) is 13.3. The van der Waals surface area contributed by atoms with Gasteiger partial charge in [-0.2, -0.15) is 0 Å². The number of aliphatic hydroxyl groups excluding tert-OH is 1. The molecule has 20 heavy (non-hydrogen) atoms. The van der Waals surface area contributed by atoms with Crippen LogP contribution in [0.1, 0.15) is 17.2 Å². The Labute approximate surface area is 114 Å². The van der Waals surface area contributed by atoms with Gasteiger partial charge in [0.05, 0.1) is 4.92 Å². The molecular weight excluding hydrogens is 256 g/mol. The van der Waals surface area contributed by atoms with Crippen molar-refractivity contribution in [3.8, 4) is 0 Å². The van der Waals surface area contributed by atoms with Crippen molar-refractivity contribution in [3.05, 3.63) is 76.0 Å². The zero-order valence-corrected chi connectivity index (χ0v) is 10.5. The molecule has 0 aliphatic heterocycles. The number of aromatic amines is 1. The molecule has 0 saturated carbocycles. The topological polar surface area (TPSA) is 79.2 Å². The minimum atomic E-state index is -0.813. The summed E-state index contributed by atoms with van der Waals surface area (Å²) >= 11 is 0. The Morgan fingerprint density at radius 1 is 1.10 bits per heavy atom. The maximum atomic E-state index is 10.6. The minimum absolute atomic E-state index is 0.0138. The molecule has 0 amide bonds. The number of hydrogen-bond donors (Lipinski definition) is 2. The van der Waals surface area contributed by atoms with Gasteiger partial charge in [-0.1, -0.05) is 18.2 Å². The van der Waals surface area contributed by atoms with Gasteiger partial charge in [0.1, 0.15) is 6.10 Å². The van der Waals surface area contributed by atoms with Crippen LogP contribution < -0.4 is 0 Å². The van der Waals surface area contributed by atoms with Gasteiger partial charge >= 0.3 is 0 Å². The molecule has 5 heteroatoms. The fraction of sp³-hybridized carbons (Fsp3) is 0.0667. The average molecular weight is 268 g/mol. The lowest BCUT2D eigenvalue weighted by Gasteiger charge is -2.09. The molecule has 3 aromatic rings. The number of benzene rings is 2. The lowest BCUT2D eigenvalue weighted by Crippen LogP contribution is -1.99. The summed E-state index contributed by atoms with van der Waals surface area (Å²) in [7, 11) is 0. The largest absolute Gasteiger partial charge is 0.384 e. The monoisotopic (exact) mass is 268 g/mol. The van der Waals surface area contributed by atoms with E-state index in [1.807, 2.05) is 24.3 Å². The molecule has 0 saturated heterocycles. The molecule has 2 N–H and O–H groups in total. The SMILES string of the molecule is O=[N+]([O-])c1ccc([C@H](O)c2c[nH]c3ccccc23)cc1. The fourth-order valence-electron chi connectivity index (χ4n) is 2.28. The highest BCUT2D eigenvalue weighted by Crippen LogP contribution is 2.29. The highest BCUT2D eigenvalue weighted by Gasteiger charge is 2.16. The van der Waals surface area contributed by atoms with Gasteiger partial charge < -0.3 is 10.1 Å². The third-order valence-corrected chi connectivity index (χ3v) is 3.34. The van der Waals surface area contributed by atoms with Gasteiger partial charge in [-0.3, -0.25) is 10.1 Å². The number of hydrogen-bond acceptors (Lipinski definition) is 3. The summed E-state index contributed by atoms with van der Waals surface area (Å²) in [6.45, 7) is 0. The van der Waals surface area contributed by atoms with Crippen molar-refractivity contribution >= 4 is 16.6 Å². The molecule has 100 valence electrons. The molecule has 3 rings (SSSR count). The van der Waals surface area contributed by atoms with Crippen LogP contribution in [0.4, 0.5) is 5.69 Å². The third kappa shape index (κ3) is 2.04. The quantitative estimate of drug-likeness (QED) is 0.565. The number of nitrogens with zero attached hydrogens (tertiary/aromatic N) is 1. The molecule has 0 bridgehead atoms. The molecule has 0 aliphatic rings. The number of rotatable bonds is 3. The first-order valence-electron chi connectivity index (χ1n) is 6.15. The predicted octanol–water partition coefficient (Wildman–Crippen LogP) is 3.16. The molecule has 0 radical (unpaired) electrons. The zero-order valence-electron chi connectivity index (χ0n) is 10.5. The fourth-order valence-corrected chi connectivity index (χ4v) is 2.28. The standard InChI is InChI=1S/C15H12N2O3/c18-15(10-5-7-11(8-6-10)17(19)20)13-9-16-14-4-2-1-3-12(13)14/h1-9,15-16,18H/t15-/m0/s1. The van der Waals surface area contributed by atoms with Crippen molar-refractivity contribution in [1.82, 2.24) is 4.98 Å². The van der Waals surface area contributed by atoms with E-state index >= 15 is 0 Å². The Kier molecular flexibility index (Phi) is 2.96. The number of nitrogens with one attached hydrogen (secondary N) is 1. The van der Waals surface area contributed by atoms with E-state index in [9.17, 15) is 15.2 Å². The molecule has 1 atom stereocenters. The predicted molar refractivity (Wildman–Crippen MR) is 75.5 cm³/mol. The number of nitro groups is 1. The molecule has 0 unspecified atom stereocenters. The highest BCUT2D eigenvalue weighted by molar-refractivity contribution is 5.83. The molecular formula is C15H12N2O3. The maximum Gasteiger partial charge on any atom is 0.269 e. The third-order valence-electron chi connectivity index (χ3n) is 3.34. The number of para-hydroxylation sites is 1. The van der Waals surface area contributed by atoms with E-state index in [-0.39, 0.29) is 5.69 Å². The Balaban J connectivity index is 1.99. The number of non-ortho nitro benzene ring substituents is 1. The number of nitro benzene ring substituents is 1. The Morgan fingerprint density at radius 2 is 1.80 bits per heavy atom. The summed E-state index contributed by atoms with van der Waals surface area (Å²) in [5.41, 5.74) is 2.35. The van der Waals surface area contributed by atoms with E-state index in [0.29, 0.717) is 5.56 Å². The van der Waals surface area contributed by atoms with Gasteiger partial charge in [-0.15, -0.1) is 0 Å². The number of H-pyrrole nitrogens is 1. The van der Waals surface area contributed by atoms with Crippen molar-refractivity contribution in [2.75, 3.05) is 0 Å². The van der Waals surface area contributed by atoms with Crippen LogP contribution in [0.25, 0.3) is 10.9 Å². The molecule has 0 aliphatic carbocycles. The molecule has 1 aromatic heterocycles. The molecule has 0 spiro atoms. The lowest BCUT2D eigenvalue weighted by molar-refractivity contribution is -0.384. The smallest absolute Gasteiger partial charge is 0.269 e. The minimum Gasteiger partial charge on any atom is -0.384 e. The van der Waals surface area contributed by atoms with Crippen LogP contribution >= 0.6 is 0 Å². The Morgan fingerprint density at radius 3 is 2.50 bits per heavy atom. The second-order valence-corrected chi connectivity index (χ2v) is 4.54. The molecule has 0 fully saturated rings. The van der Waals surface area contributed by atoms with Gasteiger partial charge in [0.25, 0.3) is 5.69 Å². The first-order chi connectivity index (χ1) is 9.66. The second-order valence-electron chi connectivity index (χ2n) is 4.54. The molecule has 2 aromatic carbocycles. The van der Waals surface area contributed by atoms with Crippen molar-refractivity contribution in [1.29, 1.82) is 0 Å². The number of fused-ring (bicyclic) bond motifs is 1. The van der Waals surface area contributed by atoms with Crippen LogP contribution in [0, 0.1) is 10.1 Å². The van der Waals surface area contributed by atoms with E-state index in [2.05, 4.69) is 4.98 Å². The number of aromatic nitrogens is 1. The van der Waals surface area contributed by atoms with Crippen molar-refractivity contribution in [2.45, 2.75) is 6.10 Å². The lowest BCUT2D eigenvalue weighted by atomic mass is 10.0. The van der Waals surface area contributed by atoms with E-state index < -0.39 is 11.0 Å². The zero-order chi connectivity index (χ0) is 14.1. The van der Waals surface area contributed by atoms with Crippen LogP contribution in [0.3, 0.4) is 0 Å². The van der Waals surface area contributed by atoms with Crippen molar-refractivity contribution in [3.63, 3.8) is 0 Å². The van der Waals surface area contributed by atoms with Gasteiger partial charge in [-0.05, 0) is 23.8 Å². The first-order valence-corrected chi connectivity index (χ1v) is 6.15. The number of aliphatic hydroxyl groups is 1. The Hall–Kier alpha value is -2.66. The van der Waals surface area contributed by atoms with Crippen LogP contribution in [-0.2, 0) is 0 Å². The van der Waals surface area contributed by atoms with E-state index in [1.54, 1.807) is 18.3 Å². The summed E-state index contributed by atoms with van der Waals surface area (Å²) in [5, 5.41) is 22.0. The second kappa shape index (κ2) is 4.79. The van der Waals surface area contributed by atoms with E-state index in [4.69, 9.17) is 0 Å². The molecule has 5 nitrogen and oxygen atoms in total. The summed E-state index contributed by atoms with van der Waals surface area (Å²) in [6.07, 6.45) is 0.948. The normalized spacial score (nSPS) is 12.4. The first kappa shape index (κ1) is 12.4. The van der Waals surface area contributed by atoms with Gasteiger partial charge in [0.15, 0.2) is 0 Å². The maximum absolute atomic E-state index is 10.6. The van der Waals surface area contributed by atoms with Crippen LogP contribution in [0.2, 0.25) is 0 Å². The van der Waals surface area contributed by atoms with Crippen LogP contribution in [0.15, 0.2) is 54.7 Å². The summed E-state index contributed by atoms with van der Waals surface area (Å²) in [6, 6.07) is 13.6. The van der Waals surface area contributed by atoms with Crippen LogP contribution in [-0.4, -0.2) is 15.0 Å². The average Bonchev–Trinajstić information content (AvgIpc) is 2.90. The van der Waals surface area contributed by atoms with Crippen molar-refractivity contribution < 1.29 is 10.0 Å². The Bertz CT molecular complexity index is 762. The van der Waals surface area contributed by atoms with Gasteiger partial charge in [0, 0.05) is 34.8 Å². The molecule has 1 heterocycles. The van der Waals surface area contributed by atoms with Gasteiger partial charge in [-0.25, -0.2) is 0 Å². The van der Waals surface area contributed by atoms with E-state index in [1.165, 1.54) is 12.1 Å². The van der Waals surface area contributed by atoms with Gasteiger partial charge in [0.2, 0.25) is 0 Å². The van der Waals surface area contributed by atoms with Crippen LogP contribution in [0.5, 0.6) is 0 Å². The summed E-state index contributed by atoms with van der Waals surface area (Å²) in [5.74, 6) is 0. The van der Waals surface area contributed by atoms with E-state index in [0.717, 1.165) is 16.5 Å². The summed E-state index contributed by atoms with van der Waals surface area (Å²) < 4.78 is 0. The van der Waals surface area contributed by atoms with Crippen molar-refractivity contribution in [2.24, 2.45) is 0 Å².